The molecule has 1 aromatic heterocycles. The molecule has 7 aromatic carbocycles. The average Bonchev–Trinajstić information content (AvgIpc) is 3.60. The molecule has 0 atom stereocenters. The zero-order chi connectivity index (χ0) is 50.6. The third-order valence-corrected chi connectivity index (χ3v) is 16.4. The van der Waals surface area contributed by atoms with E-state index < -0.39 is 0 Å². The zero-order valence-electron chi connectivity index (χ0n) is 45.5. The highest BCUT2D eigenvalue weighted by atomic mass is 16.5. The summed E-state index contributed by atoms with van der Waals surface area (Å²) in [6.07, 6.45) is 0. The highest BCUT2D eigenvalue weighted by Crippen LogP contribution is 2.55. The first-order valence-electron chi connectivity index (χ1n) is 26.2. The zero-order valence-corrected chi connectivity index (χ0v) is 45.5. The second-order valence-electron chi connectivity index (χ2n) is 25.4. The lowest BCUT2D eigenvalue weighted by Crippen LogP contribution is -2.61. The van der Waals surface area contributed by atoms with E-state index in [0.717, 1.165) is 22.6 Å². The number of nitrogens with zero attached hydrogens (tertiary/aromatic N) is 3. The summed E-state index contributed by atoms with van der Waals surface area (Å²) in [4.78, 5) is 2.63. The Morgan fingerprint density at radius 1 is 0.563 bits per heavy atom. The van der Waals surface area contributed by atoms with Gasteiger partial charge in [0.2, 0.25) is 0 Å². The van der Waals surface area contributed by atoms with E-state index in [1.54, 1.807) is 0 Å². The molecule has 0 saturated carbocycles. The topological polar surface area (TPSA) is 21.3 Å². The Hall–Kier alpha value is -6.33. The van der Waals surface area contributed by atoms with Crippen molar-refractivity contribution >= 4 is 51.2 Å². The van der Waals surface area contributed by atoms with Crippen LogP contribution in [0.25, 0.3) is 39.2 Å². The van der Waals surface area contributed by atoms with Crippen molar-refractivity contribution < 1.29 is 9.30 Å². The van der Waals surface area contributed by atoms with Gasteiger partial charge in [0, 0.05) is 27.9 Å². The van der Waals surface area contributed by atoms with Crippen LogP contribution < -0.4 is 30.6 Å². The highest BCUT2D eigenvalue weighted by molar-refractivity contribution is 6.99. The van der Waals surface area contributed by atoms with E-state index in [-0.39, 0.29) is 28.4 Å². The molecule has 0 saturated heterocycles. The van der Waals surface area contributed by atoms with Gasteiger partial charge in [0.25, 0.3) is 12.5 Å². The normalized spacial score (nSPS) is 14.7. The molecule has 11 rings (SSSR count). The van der Waals surface area contributed by atoms with Crippen molar-refractivity contribution in [2.24, 2.45) is 7.05 Å². The first-order chi connectivity index (χ1) is 33.4. The van der Waals surface area contributed by atoms with Crippen LogP contribution in [0.15, 0.2) is 121 Å². The van der Waals surface area contributed by atoms with Crippen molar-refractivity contribution in [2.75, 3.05) is 4.90 Å². The Morgan fingerprint density at radius 3 is 1.85 bits per heavy atom. The van der Waals surface area contributed by atoms with Crippen LogP contribution in [0.5, 0.6) is 11.5 Å². The van der Waals surface area contributed by atoms with Gasteiger partial charge in [-0.2, -0.15) is 4.57 Å². The second kappa shape index (κ2) is 15.8. The molecule has 5 heteroatoms. The fourth-order valence-corrected chi connectivity index (χ4v) is 12.2. The van der Waals surface area contributed by atoms with E-state index >= 15 is 0 Å². The number of fused-ring (bicyclic) bond motifs is 7. The Kier molecular flexibility index (Phi) is 10.5. The Morgan fingerprint density at radius 2 is 1.18 bits per heavy atom. The van der Waals surface area contributed by atoms with Gasteiger partial charge in [-0.3, -0.25) is 0 Å². The highest BCUT2D eigenvalue weighted by Gasteiger charge is 2.49. The van der Waals surface area contributed by atoms with E-state index in [2.05, 4.69) is 253 Å². The molecule has 3 aliphatic heterocycles. The minimum absolute atomic E-state index is 0.00307. The van der Waals surface area contributed by atoms with Gasteiger partial charge in [0.1, 0.15) is 17.2 Å². The van der Waals surface area contributed by atoms with Crippen LogP contribution in [-0.2, 0) is 28.7 Å². The number of aryl methyl sites for hydroxylation is 2. The fraction of sp³-hybridized carbons (Fsp3) is 0.348. The van der Waals surface area contributed by atoms with Crippen LogP contribution in [0.2, 0.25) is 0 Å². The Bertz CT molecular complexity index is 3500. The predicted molar refractivity (Wildman–Crippen MR) is 302 cm³/mol. The largest absolute Gasteiger partial charge is 0.458 e. The number of ether oxygens (including phenoxy) is 1. The molecular weight excluding hydrogens is 862 g/mol. The van der Waals surface area contributed by atoms with Crippen molar-refractivity contribution in [2.45, 2.75) is 144 Å². The first-order valence-corrected chi connectivity index (χ1v) is 26.2. The number of imidazole rings is 1. The molecule has 0 fully saturated rings. The quantitative estimate of drug-likeness (QED) is 0.127. The van der Waals surface area contributed by atoms with Gasteiger partial charge in [-0.05, 0) is 138 Å². The number of anilines is 3. The summed E-state index contributed by atoms with van der Waals surface area (Å²) in [6.45, 7) is 37.6. The molecule has 0 spiro atoms. The minimum Gasteiger partial charge on any atom is -0.458 e. The summed E-state index contributed by atoms with van der Waals surface area (Å²) in [5, 5.41) is 0. The van der Waals surface area contributed by atoms with Gasteiger partial charge < -0.3 is 9.64 Å². The van der Waals surface area contributed by atoms with Gasteiger partial charge in [-0.15, -0.1) is 0 Å². The Labute approximate surface area is 424 Å². The summed E-state index contributed by atoms with van der Waals surface area (Å²) in [6, 6.07) is 47.2. The van der Waals surface area contributed by atoms with Crippen molar-refractivity contribution in [1.29, 1.82) is 0 Å². The molecule has 0 radical (unpaired) electrons. The minimum atomic E-state index is -0.263. The molecule has 0 aliphatic carbocycles. The van der Waals surface area contributed by atoms with Crippen LogP contribution >= 0.6 is 0 Å². The second-order valence-corrected chi connectivity index (χ2v) is 25.4. The average molecular weight is 935 g/mol. The van der Waals surface area contributed by atoms with E-state index in [0.29, 0.717) is 11.8 Å². The monoisotopic (exact) mass is 935 g/mol. The van der Waals surface area contributed by atoms with Crippen molar-refractivity contribution in [3.63, 3.8) is 0 Å². The fourth-order valence-electron chi connectivity index (χ4n) is 12.2. The molecule has 0 amide bonds. The number of aromatic nitrogens is 2. The maximum Gasteiger partial charge on any atom is 0.295 e. The van der Waals surface area contributed by atoms with E-state index in [9.17, 15) is 0 Å². The van der Waals surface area contributed by atoms with Crippen molar-refractivity contribution in [1.82, 2.24) is 4.57 Å². The molecule has 0 bridgehead atoms. The van der Waals surface area contributed by atoms with Gasteiger partial charge in [-0.25, -0.2) is 4.57 Å². The van der Waals surface area contributed by atoms with Gasteiger partial charge >= 0.3 is 0 Å². The third kappa shape index (κ3) is 7.18. The van der Waals surface area contributed by atoms with Crippen LogP contribution in [0.4, 0.5) is 17.1 Å². The third-order valence-electron chi connectivity index (χ3n) is 16.4. The van der Waals surface area contributed by atoms with Crippen LogP contribution in [0.3, 0.4) is 0 Å². The molecule has 4 heterocycles. The molecule has 4 nitrogen and oxygen atoms in total. The SMILES string of the molecule is Cc1ccc(-c2cc3c4c(c2)N2c5ccc(C(C)(C)C)cc5C(C)(C)c5cc(C(C)(C)C)cc(c52)B4c2cc(C(C)(C)C)ccc2O3)cc1-c1n(-c2c(C(C)C)cccc2C(C)C)c2ccccc2[n+]1C. The lowest BCUT2D eigenvalue weighted by molar-refractivity contribution is -0.633. The standard InChI is InChI=1S/C66H73BN3O/c1-38(2)46-21-20-22-47(39(3)4)60(46)70-55-24-19-18-23-54(55)68(17)62(70)48-31-41(26-25-40(48)5)42-32-56-59-58(33-42)71-57-30-28-44(64(9,10)11)36-51(57)67(59)52-37-45(65(12,13)14)35-50-61(52)69(56)53-29-27-43(63(6,7)8)34-49(53)66(50,15)16/h18-39H,1-17H3/q+1. The Balaban J connectivity index is 1.21. The van der Waals surface area contributed by atoms with Crippen molar-refractivity contribution in [3.8, 4) is 39.7 Å². The summed E-state index contributed by atoms with van der Waals surface area (Å²) >= 11 is 0. The molecule has 360 valence electrons. The number of hydrogen-bond donors (Lipinski definition) is 0. The molecule has 0 unspecified atom stereocenters. The van der Waals surface area contributed by atoms with Crippen molar-refractivity contribution in [3.05, 3.63) is 166 Å². The summed E-state index contributed by atoms with van der Waals surface area (Å²) in [5.41, 5.74) is 25.2. The summed E-state index contributed by atoms with van der Waals surface area (Å²) < 4.78 is 12.3. The van der Waals surface area contributed by atoms with E-state index in [1.165, 1.54) is 106 Å². The first kappa shape index (κ1) is 47.0. The maximum atomic E-state index is 7.31. The molecule has 3 aliphatic rings. The lowest BCUT2D eigenvalue weighted by atomic mass is 9.33. The predicted octanol–water partition coefficient (Wildman–Crippen LogP) is 15.3. The number of para-hydroxylation sites is 3. The van der Waals surface area contributed by atoms with Gasteiger partial charge in [0.05, 0.1) is 18.3 Å². The lowest BCUT2D eigenvalue weighted by Gasteiger charge is -2.49. The van der Waals surface area contributed by atoms with Crippen LogP contribution in [0.1, 0.15) is 160 Å². The van der Waals surface area contributed by atoms with E-state index in [4.69, 9.17) is 4.74 Å². The summed E-state index contributed by atoms with van der Waals surface area (Å²) in [5.74, 6) is 3.73. The smallest absolute Gasteiger partial charge is 0.295 e. The molecule has 8 aromatic rings. The number of hydrogen-bond acceptors (Lipinski definition) is 2. The number of rotatable bonds is 5. The van der Waals surface area contributed by atoms with Gasteiger partial charge in [-0.1, -0.05) is 183 Å². The molecule has 0 N–H and O–H groups in total. The van der Waals surface area contributed by atoms with E-state index in [1.807, 2.05) is 0 Å². The van der Waals surface area contributed by atoms with Crippen LogP contribution in [-0.4, -0.2) is 11.3 Å². The maximum absolute atomic E-state index is 7.31. The summed E-state index contributed by atoms with van der Waals surface area (Å²) in [7, 11) is 2.24. The van der Waals surface area contributed by atoms with Crippen LogP contribution in [0, 0.1) is 6.92 Å². The number of benzene rings is 7. The molecule has 71 heavy (non-hydrogen) atoms. The molecular formula is C66H73BN3O+. The van der Waals surface area contributed by atoms with Gasteiger partial charge in [0.15, 0.2) is 11.0 Å².